The van der Waals surface area contributed by atoms with Gasteiger partial charge in [0.25, 0.3) is 0 Å². The van der Waals surface area contributed by atoms with Crippen molar-refractivity contribution in [1.29, 1.82) is 0 Å². The highest BCUT2D eigenvalue weighted by atomic mass is 16.5. The molecule has 6 heteroatoms. The lowest BCUT2D eigenvalue weighted by molar-refractivity contribution is -0.147. The van der Waals surface area contributed by atoms with Gasteiger partial charge in [0.15, 0.2) is 0 Å². The largest absolute Gasteiger partial charge is 0.481 e. The third kappa shape index (κ3) is 3.80. The van der Waals surface area contributed by atoms with Crippen molar-refractivity contribution in [1.82, 2.24) is 10.2 Å². The van der Waals surface area contributed by atoms with Gasteiger partial charge in [0.05, 0.1) is 24.5 Å². The van der Waals surface area contributed by atoms with Gasteiger partial charge in [-0.05, 0) is 19.9 Å². The second-order valence-corrected chi connectivity index (χ2v) is 5.49. The van der Waals surface area contributed by atoms with Crippen LogP contribution in [-0.2, 0) is 14.3 Å². The Morgan fingerprint density at radius 3 is 2.70 bits per heavy atom. The maximum atomic E-state index is 12.2. The van der Waals surface area contributed by atoms with Gasteiger partial charge in [0.1, 0.15) is 0 Å². The maximum Gasteiger partial charge on any atom is 0.307 e. The van der Waals surface area contributed by atoms with E-state index in [9.17, 15) is 9.59 Å². The molecule has 1 aliphatic heterocycles. The molecule has 1 unspecified atom stereocenters. The SMILES string of the molecule is CN1CCOC(CNC(=O)[C@@H]2CC=CC[C@@H]2C(=O)O)C1. The molecule has 1 aliphatic carbocycles. The lowest BCUT2D eigenvalue weighted by Crippen LogP contribution is -2.48. The van der Waals surface area contributed by atoms with Gasteiger partial charge in [-0.15, -0.1) is 0 Å². The molecule has 0 aromatic carbocycles. The van der Waals surface area contributed by atoms with Crippen molar-refractivity contribution in [3.63, 3.8) is 0 Å². The molecule has 0 aromatic rings. The lowest BCUT2D eigenvalue weighted by Gasteiger charge is -2.31. The fourth-order valence-corrected chi connectivity index (χ4v) is 2.71. The van der Waals surface area contributed by atoms with E-state index in [0.717, 1.165) is 13.1 Å². The molecule has 1 saturated heterocycles. The van der Waals surface area contributed by atoms with Crippen LogP contribution in [-0.4, -0.2) is 61.3 Å². The van der Waals surface area contributed by atoms with E-state index in [4.69, 9.17) is 9.84 Å². The van der Waals surface area contributed by atoms with Crippen molar-refractivity contribution in [3.8, 4) is 0 Å². The fraction of sp³-hybridized carbons (Fsp3) is 0.714. The van der Waals surface area contributed by atoms with Gasteiger partial charge in [-0.25, -0.2) is 0 Å². The first-order valence-corrected chi connectivity index (χ1v) is 7.03. The molecule has 2 N–H and O–H groups in total. The summed E-state index contributed by atoms with van der Waals surface area (Å²) in [5.74, 6) is -2.17. The molecule has 0 bridgehead atoms. The summed E-state index contributed by atoms with van der Waals surface area (Å²) in [7, 11) is 2.02. The number of amides is 1. The Labute approximate surface area is 118 Å². The molecule has 0 spiro atoms. The summed E-state index contributed by atoms with van der Waals surface area (Å²) in [5.41, 5.74) is 0. The average molecular weight is 282 g/mol. The Morgan fingerprint density at radius 2 is 2.05 bits per heavy atom. The molecule has 1 fully saturated rings. The number of likely N-dealkylation sites (N-methyl/N-ethyl adjacent to an activating group) is 1. The molecular formula is C14H22N2O4. The first kappa shape index (κ1) is 15.0. The highest BCUT2D eigenvalue weighted by molar-refractivity contribution is 5.85. The monoisotopic (exact) mass is 282 g/mol. The van der Waals surface area contributed by atoms with Crippen LogP contribution in [0.25, 0.3) is 0 Å². The predicted molar refractivity (Wildman–Crippen MR) is 73.2 cm³/mol. The van der Waals surface area contributed by atoms with Gasteiger partial charge in [-0.2, -0.15) is 0 Å². The van der Waals surface area contributed by atoms with Gasteiger partial charge >= 0.3 is 5.97 Å². The lowest BCUT2D eigenvalue weighted by atomic mass is 9.82. The molecule has 0 radical (unpaired) electrons. The van der Waals surface area contributed by atoms with Crippen LogP contribution in [0.15, 0.2) is 12.2 Å². The van der Waals surface area contributed by atoms with E-state index in [2.05, 4.69) is 10.2 Å². The van der Waals surface area contributed by atoms with Gasteiger partial charge in [0, 0.05) is 19.6 Å². The molecule has 2 rings (SSSR count). The number of hydrogen-bond donors (Lipinski definition) is 2. The number of nitrogens with zero attached hydrogens (tertiary/aromatic N) is 1. The number of carboxylic acid groups (broad SMARTS) is 1. The first-order chi connectivity index (χ1) is 9.58. The van der Waals surface area contributed by atoms with E-state index in [1.54, 1.807) is 0 Å². The molecular weight excluding hydrogens is 260 g/mol. The number of nitrogens with one attached hydrogen (secondary N) is 1. The van der Waals surface area contributed by atoms with Crippen molar-refractivity contribution < 1.29 is 19.4 Å². The standard InChI is InChI=1S/C14H22N2O4/c1-16-6-7-20-10(9-16)8-15-13(17)11-4-2-3-5-12(11)14(18)19/h2-3,10-12H,4-9H2,1H3,(H,15,17)(H,18,19)/t10?,11-,12+/m1/s1. The third-order valence-electron chi connectivity index (χ3n) is 3.93. The Kier molecular flexibility index (Phi) is 5.14. The number of rotatable bonds is 4. The van der Waals surface area contributed by atoms with Crippen LogP contribution >= 0.6 is 0 Å². The summed E-state index contributed by atoms with van der Waals surface area (Å²) < 4.78 is 5.57. The summed E-state index contributed by atoms with van der Waals surface area (Å²) in [4.78, 5) is 25.5. The summed E-state index contributed by atoms with van der Waals surface area (Å²) in [6, 6.07) is 0. The highest BCUT2D eigenvalue weighted by Gasteiger charge is 2.34. The third-order valence-corrected chi connectivity index (χ3v) is 3.93. The van der Waals surface area contributed by atoms with Crippen molar-refractivity contribution in [2.75, 3.05) is 33.3 Å². The number of carbonyl (C=O) groups is 2. The number of ether oxygens (including phenoxy) is 1. The summed E-state index contributed by atoms with van der Waals surface area (Å²) in [5, 5.41) is 12.0. The molecule has 6 nitrogen and oxygen atoms in total. The minimum Gasteiger partial charge on any atom is -0.481 e. The molecule has 0 saturated carbocycles. The van der Waals surface area contributed by atoms with E-state index >= 15 is 0 Å². The number of allylic oxidation sites excluding steroid dienone is 2. The molecule has 1 amide bonds. The van der Waals surface area contributed by atoms with Crippen molar-refractivity contribution >= 4 is 11.9 Å². The van der Waals surface area contributed by atoms with E-state index < -0.39 is 17.8 Å². The van der Waals surface area contributed by atoms with E-state index in [0.29, 0.717) is 26.0 Å². The van der Waals surface area contributed by atoms with Crippen molar-refractivity contribution in [2.45, 2.75) is 18.9 Å². The maximum absolute atomic E-state index is 12.2. The molecule has 0 aromatic heterocycles. The summed E-state index contributed by atoms with van der Waals surface area (Å²) >= 11 is 0. The quantitative estimate of drug-likeness (QED) is 0.715. The number of morpholine rings is 1. The normalized spacial score (nSPS) is 30.9. The number of aliphatic carboxylic acids is 1. The Balaban J connectivity index is 1.84. The molecule has 112 valence electrons. The predicted octanol–water partition coefficient (Wildman–Crippen LogP) is 0.100. The van der Waals surface area contributed by atoms with E-state index in [1.807, 2.05) is 19.2 Å². The van der Waals surface area contributed by atoms with E-state index in [1.165, 1.54) is 0 Å². The van der Waals surface area contributed by atoms with Crippen LogP contribution in [0.1, 0.15) is 12.8 Å². The smallest absolute Gasteiger partial charge is 0.307 e. The summed E-state index contributed by atoms with van der Waals surface area (Å²) in [6.07, 6.45) is 4.63. The van der Waals surface area contributed by atoms with Crippen molar-refractivity contribution in [2.24, 2.45) is 11.8 Å². The zero-order valence-electron chi connectivity index (χ0n) is 11.7. The molecule has 20 heavy (non-hydrogen) atoms. The number of carbonyl (C=O) groups excluding carboxylic acids is 1. The van der Waals surface area contributed by atoms with Crippen LogP contribution in [0.3, 0.4) is 0 Å². The minimum absolute atomic E-state index is 0.0138. The molecule has 3 atom stereocenters. The number of carboxylic acids is 1. The van der Waals surface area contributed by atoms with Crippen LogP contribution in [0.4, 0.5) is 0 Å². The van der Waals surface area contributed by atoms with Crippen LogP contribution < -0.4 is 5.32 Å². The van der Waals surface area contributed by atoms with Crippen molar-refractivity contribution in [3.05, 3.63) is 12.2 Å². The Hall–Kier alpha value is -1.40. The van der Waals surface area contributed by atoms with Gasteiger partial charge in [0.2, 0.25) is 5.91 Å². The molecule has 1 heterocycles. The zero-order chi connectivity index (χ0) is 14.5. The fourth-order valence-electron chi connectivity index (χ4n) is 2.71. The molecule has 2 aliphatic rings. The second kappa shape index (κ2) is 6.85. The highest BCUT2D eigenvalue weighted by Crippen LogP contribution is 2.26. The van der Waals surface area contributed by atoms with E-state index in [-0.39, 0.29) is 12.0 Å². The zero-order valence-corrected chi connectivity index (χ0v) is 11.7. The second-order valence-electron chi connectivity index (χ2n) is 5.49. The first-order valence-electron chi connectivity index (χ1n) is 7.03. The topological polar surface area (TPSA) is 78.9 Å². The van der Waals surface area contributed by atoms with Gasteiger partial charge in [-0.3, -0.25) is 9.59 Å². The van der Waals surface area contributed by atoms with Crippen LogP contribution in [0.2, 0.25) is 0 Å². The Morgan fingerprint density at radius 1 is 1.35 bits per heavy atom. The summed E-state index contributed by atoms with van der Waals surface area (Å²) in [6.45, 7) is 2.79. The van der Waals surface area contributed by atoms with Gasteiger partial charge < -0.3 is 20.1 Å². The Bertz CT molecular complexity index is 397. The van der Waals surface area contributed by atoms with Gasteiger partial charge in [-0.1, -0.05) is 12.2 Å². The average Bonchev–Trinajstić information content (AvgIpc) is 2.45. The minimum atomic E-state index is -0.900. The van der Waals surface area contributed by atoms with Crippen LogP contribution in [0.5, 0.6) is 0 Å². The number of hydrogen-bond acceptors (Lipinski definition) is 4. The van der Waals surface area contributed by atoms with Crippen LogP contribution in [0, 0.1) is 11.8 Å².